The van der Waals surface area contributed by atoms with Gasteiger partial charge in [0.1, 0.15) is 6.10 Å². The smallest absolute Gasteiger partial charge is 0.269 e. The first-order chi connectivity index (χ1) is 18.2. The molecule has 1 aliphatic rings. The van der Waals surface area contributed by atoms with Crippen LogP contribution in [0.5, 0.6) is 0 Å². The Hall–Kier alpha value is -4.00. The number of hydrogen-bond donors (Lipinski definition) is 2. The lowest BCUT2D eigenvalue weighted by Crippen LogP contribution is -2.40. The maximum atomic E-state index is 12.4. The lowest BCUT2D eigenvalue weighted by atomic mass is 9.73. The summed E-state index contributed by atoms with van der Waals surface area (Å²) < 4.78 is 8.01. The Morgan fingerprint density at radius 2 is 2.11 bits per heavy atom. The Labute approximate surface area is 222 Å². The number of pyridine rings is 1. The molecule has 0 spiro atoms. The highest BCUT2D eigenvalue weighted by molar-refractivity contribution is 5.92. The van der Waals surface area contributed by atoms with Gasteiger partial charge in [0, 0.05) is 43.8 Å². The SMILES string of the molecule is CN(C=O)CC[C@@H](O)C#Cc1ccnc(-n2nc(C(N)=O)c3c2CC(C)(C)[C@@H](OCc2ccccc2)C3)c1. The Balaban J connectivity index is 1.59. The fourth-order valence-corrected chi connectivity index (χ4v) is 4.56. The lowest BCUT2D eigenvalue weighted by molar-refractivity contribution is -0.117. The first kappa shape index (κ1) is 27.0. The summed E-state index contributed by atoms with van der Waals surface area (Å²) in [5.74, 6) is 5.68. The summed E-state index contributed by atoms with van der Waals surface area (Å²) in [6.07, 6.45) is 2.79. The monoisotopic (exact) mass is 515 g/mol. The van der Waals surface area contributed by atoms with E-state index < -0.39 is 12.0 Å². The van der Waals surface area contributed by atoms with E-state index in [0.29, 0.717) is 50.2 Å². The molecule has 0 bridgehead atoms. The molecule has 0 saturated heterocycles. The molecule has 4 rings (SSSR count). The van der Waals surface area contributed by atoms with Gasteiger partial charge in [0.2, 0.25) is 6.41 Å². The highest BCUT2D eigenvalue weighted by Gasteiger charge is 2.40. The van der Waals surface area contributed by atoms with Crippen molar-refractivity contribution in [3.05, 3.63) is 76.7 Å². The molecule has 2 atom stereocenters. The van der Waals surface area contributed by atoms with Crippen LogP contribution in [-0.4, -0.2) is 62.9 Å². The van der Waals surface area contributed by atoms with Crippen LogP contribution in [0.15, 0.2) is 48.7 Å². The van der Waals surface area contributed by atoms with Crippen LogP contribution in [-0.2, 0) is 29.0 Å². The zero-order valence-corrected chi connectivity index (χ0v) is 21.9. The van der Waals surface area contributed by atoms with Gasteiger partial charge < -0.3 is 20.5 Å². The van der Waals surface area contributed by atoms with Crippen LogP contribution in [0.3, 0.4) is 0 Å². The Bertz CT molecular complexity index is 1360. The molecule has 198 valence electrons. The minimum atomic E-state index is -0.874. The fraction of sp³-hybridized carbons (Fsp3) is 0.379. The zero-order chi connectivity index (χ0) is 27.3. The molecule has 9 heteroatoms. The predicted octanol–water partition coefficient (Wildman–Crippen LogP) is 2.27. The van der Waals surface area contributed by atoms with Crippen LogP contribution in [0.2, 0.25) is 0 Å². The van der Waals surface area contributed by atoms with Gasteiger partial charge in [-0.15, -0.1) is 0 Å². The van der Waals surface area contributed by atoms with Gasteiger partial charge >= 0.3 is 0 Å². The van der Waals surface area contributed by atoms with Gasteiger partial charge in [-0.2, -0.15) is 5.10 Å². The number of aliphatic hydroxyl groups excluding tert-OH is 1. The molecular weight excluding hydrogens is 482 g/mol. The summed E-state index contributed by atoms with van der Waals surface area (Å²) in [4.78, 5) is 29.0. The number of benzene rings is 1. The van der Waals surface area contributed by atoms with E-state index in [1.165, 1.54) is 4.90 Å². The van der Waals surface area contributed by atoms with Gasteiger partial charge in [0.25, 0.3) is 5.91 Å². The molecule has 0 radical (unpaired) electrons. The molecule has 0 fully saturated rings. The molecule has 0 saturated carbocycles. The second-order valence-electron chi connectivity index (χ2n) is 10.3. The normalized spacial score (nSPS) is 16.6. The molecule has 1 aliphatic carbocycles. The summed E-state index contributed by atoms with van der Waals surface area (Å²) in [5, 5.41) is 14.7. The largest absolute Gasteiger partial charge is 0.380 e. The van der Waals surface area contributed by atoms with E-state index in [2.05, 4.69) is 35.8 Å². The third-order valence-corrected chi connectivity index (χ3v) is 6.78. The summed E-state index contributed by atoms with van der Waals surface area (Å²) in [6, 6.07) is 13.5. The zero-order valence-electron chi connectivity index (χ0n) is 21.9. The van der Waals surface area contributed by atoms with E-state index in [4.69, 9.17) is 10.5 Å². The van der Waals surface area contributed by atoms with Gasteiger partial charge in [0.05, 0.1) is 18.4 Å². The Morgan fingerprint density at radius 3 is 2.82 bits per heavy atom. The van der Waals surface area contributed by atoms with Gasteiger partial charge in [-0.05, 0) is 29.5 Å². The van der Waals surface area contributed by atoms with E-state index in [9.17, 15) is 14.7 Å². The average molecular weight is 516 g/mol. The molecule has 0 aliphatic heterocycles. The van der Waals surface area contributed by atoms with Crippen molar-refractivity contribution in [2.75, 3.05) is 13.6 Å². The lowest BCUT2D eigenvalue weighted by Gasteiger charge is -2.38. The quantitative estimate of drug-likeness (QED) is 0.333. The summed E-state index contributed by atoms with van der Waals surface area (Å²) in [6.45, 7) is 5.17. The number of primary amides is 1. The number of nitrogens with zero attached hydrogens (tertiary/aromatic N) is 4. The van der Waals surface area contributed by atoms with Gasteiger partial charge in [-0.25, -0.2) is 9.67 Å². The minimum absolute atomic E-state index is 0.129. The number of ether oxygens (including phenoxy) is 1. The highest BCUT2D eigenvalue weighted by atomic mass is 16.5. The minimum Gasteiger partial charge on any atom is -0.380 e. The molecular formula is C29H33N5O4. The average Bonchev–Trinajstić information content (AvgIpc) is 3.27. The molecule has 1 aromatic carbocycles. The van der Waals surface area contributed by atoms with Crippen molar-refractivity contribution in [2.45, 2.75) is 51.9 Å². The molecule has 2 amide bonds. The second-order valence-corrected chi connectivity index (χ2v) is 10.3. The maximum Gasteiger partial charge on any atom is 0.269 e. The van der Waals surface area contributed by atoms with Crippen molar-refractivity contribution in [3.8, 4) is 17.7 Å². The van der Waals surface area contributed by atoms with Crippen LogP contribution in [0.25, 0.3) is 5.82 Å². The highest BCUT2D eigenvalue weighted by Crippen LogP contribution is 2.39. The third-order valence-electron chi connectivity index (χ3n) is 6.78. The molecule has 0 unspecified atom stereocenters. The van der Waals surface area contributed by atoms with E-state index >= 15 is 0 Å². The van der Waals surface area contributed by atoms with Crippen molar-refractivity contribution in [1.29, 1.82) is 0 Å². The summed E-state index contributed by atoms with van der Waals surface area (Å²) in [7, 11) is 1.65. The molecule has 2 heterocycles. The molecule has 38 heavy (non-hydrogen) atoms. The number of amides is 2. The molecule has 3 N–H and O–H groups in total. The number of hydrogen-bond acceptors (Lipinski definition) is 6. The topological polar surface area (TPSA) is 124 Å². The van der Waals surface area contributed by atoms with Crippen LogP contribution in [0.4, 0.5) is 0 Å². The van der Waals surface area contributed by atoms with Crippen molar-refractivity contribution in [2.24, 2.45) is 11.1 Å². The molecule has 2 aromatic heterocycles. The predicted molar refractivity (Wildman–Crippen MR) is 142 cm³/mol. The standard InChI is InChI=1S/C29H33N5O4/c1-29(2)17-24-23(16-25(29)38-18-21-7-5-4-6-8-21)27(28(30)37)32-34(24)26-15-20(11-13-31-26)9-10-22(36)12-14-33(3)19-35/h4-8,11,13,15,19,22,25,36H,12,14,16-18H2,1-3H3,(H2,30,37)/t22-,25-/m0/s1. The van der Waals surface area contributed by atoms with Crippen molar-refractivity contribution >= 4 is 12.3 Å². The number of carbonyl (C=O) groups excluding carboxylic acids is 2. The Morgan fingerprint density at radius 1 is 1.34 bits per heavy atom. The van der Waals surface area contributed by atoms with E-state index in [-0.39, 0.29) is 17.2 Å². The first-order valence-corrected chi connectivity index (χ1v) is 12.6. The number of aliphatic hydroxyl groups is 1. The van der Waals surface area contributed by atoms with Crippen LogP contribution < -0.4 is 5.73 Å². The van der Waals surface area contributed by atoms with Crippen molar-refractivity contribution < 1.29 is 19.4 Å². The summed E-state index contributed by atoms with van der Waals surface area (Å²) >= 11 is 0. The number of carbonyl (C=O) groups is 2. The van der Waals surface area contributed by atoms with E-state index in [1.54, 1.807) is 30.1 Å². The number of fused-ring (bicyclic) bond motifs is 1. The second kappa shape index (κ2) is 11.6. The molecule has 9 nitrogen and oxygen atoms in total. The number of nitrogens with two attached hydrogens (primary N) is 1. The van der Waals surface area contributed by atoms with Crippen LogP contribution in [0.1, 0.15) is 53.1 Å². The maximum absolute atomic E-state index is 12.4. The Kier molecular flexibility index (Phi) is 8.25. The van der Waals surface area contributed by atoms with Crippen LogP contribution >= 0.6 is 0 Å². The van der Waals surface area contributed by atoms with Gasteiger partial charge in [-0.3, -0.25) is 9.59 Å². The van der Waals surface area contributed by atoms with Crippen LogP contribution in [0, 0.1) is 17.3 Å². The summed E-state index contributed by atoms with van der Waals surface area (Å²) in [5.41, 5.74) is 9.09. The number of aromatic nitrogens is 3. The van der Waals surface area contributed by atoms with E-state index in [1.807, 2.05) is 30.3 Å². The van der Waals surface area contributed by atoms with Crippen molar-refractivity contribution in [1.82, 2.24) is 19.7 Å². The van der Waals surface area contributed by atoms with E-state index in [0.717, 1.165) is 16.8 Å². The first-order valence-electron chi connectivity index (χ1n) is 12.6. The number of rotatable bonds is 9. The van der Waals surface area contributed by atoms with Gasteiger partial charge in [-0.1, -0.05) is 56.0 Å². The third kappa shape index (κ3) is 6.28. The van der Waals surface area contributed by atoms with Gasteiger partial charge in [0.15, 0.2) is 11.5 Å². The van der Waals surface area contributed by atoms with Crippen molar-refractivity contribution in [3.63, 3.8) is 0 Å². The molecule has 3 aromatic rings. The fourth-order valence-electron chi connectivity index (χ4n) is 4.56.